The summed E-state index contributed by atoms with van der Waals surface area (Å²) in [6, 6.07) is 0.875. The van der Waals surface area contributed by atoms with E-state index in [9.17, 15) is 4.79 Å². The molecule has 0 aromatic carbocycles. The Balaban J connectivity index is 1.92. The summed E-state index contributed by atoms with van der Waals surface area (Å²) in [5, 5.41) is 0. The number of rotatable bonds is 2. The lowest BCUT2D eigenvalue weighted by Gasteiger charge is -2.42. The van der Waals surface area contributed by atoms with Crippen molar-refractivity contribution in [3.63, 3.8) is 0 Å². The van der Waals surface area contributed by atoms with E-state index >= 15 is 0 Å². The summed E-state index contributed by atoms with van der Waals surface area (Å²) in [5.41, 5.74) is 0. The third-order valence-corrected chi connectivity index (χ3v) is 3.88. The number of carbonyl (C=O) groups is 1. The molecule has 2 fully saturated rings. The molecule has 0 spiro atoms. The Labute approximate surface area is 104 Å². The highest BCUT2D eigenvalue weighted by molar-refractivity contribution is 5.81. The van der Waals surface area contributed by atoms with E-state index in [1.54, 1.807) is 0 Å². The maximum absolute atomic E-state index is 12.3. The third kappa shape index (κ3) is 2.80. The molecule has 4 heteroatoms. The van der Waals surface area contributed by atoms with E-state index in [1.807, 2.05) is 4.90 Å². The number of nitrogens with zero attached hydrogens (tertiary/aromatic N) is 2. The van der Waals surface area contributed by atoms with Crippen LogP contribution in [0.2, 0.25) is 0 Å². The first-order valence-corrected chi connectivity index (χ1v) is 6.75. The van der Waals surface area contributed by atoms with Crippen molar-refractivity contribution in [2.75, 3.05) is 26.2 Å². The Morgan fingerprint density at radius 3 is 2.65 bits per heavy atom. The van der Waals surface area contributed by atoms with E-state index in [0.717, 1.165) is 39.1 Å². The molecule has 2 heterocycles. The lowest BCUT2D eigenvalue weighted by atomic mass is 10.1. The van der Waals surface area contributed by atoms with Crippen LogP contribution in [0.15, 0.2) is 0 Å². The average molecular weight is 240 g/mol. The van der Waals surface area contributed by atoms with Crippen LogP contribution < -0.4 is 0 Å². The van der Waals surface area contributed by atoms with Crippen LogP contribution >= 0.6 is 0 Å². The Morgan fingerprint density at radius 1 is 1.35 bits per heavy atom. The third-order valence-electron chi connectivity index (χ3n) is 3.88. The molecular formula is C13H24N2O2. The predicted octanol–water partition coefficient (Wildman–Crippen LogP) is 1.11. The molecule has 2 rings (SSSR count). The van der Waals surface area contributed by atoms with E-state index in [4.69, 9.17) is 4.74 Å². The van der Waals surface area contributed by atoms with Gasteiger partial charge in [0.25, 0.3) is 5.91 Å². The van der Waals surface area contributed by atoms with Crippen molar-refractivity contribution in [2.24, 2.45) is 0 Å². The van der Waals surface area contributed by atoms with Crippen LogP contribution in [0.5, 0.6) is 0 Å². The number of piperazine rings is 1. The Bertz CT molecular complexity index is 275. The second-order valence-electron chi connectivity index (χ2n) is 5.47. The lowest BCUT2D eigenvalue weighted by molar-refractivity contribution is -0.145. The van der Waals surface area contributed by atoms with E-state index in [1.165, 1.54) is 0 Å². The maximum atomic E-state index is 12.3. The summed E-state index contributed by atoms with van der Waals surface area (Å²) < 4.78 is 5.49. The van der Waals surface area contributed by atoms with E-state index in [2.05, 4.69) is 25.7 Å². The van der Waals surface area contributed by atoms with Crippen LogP contribution in [0, 0.1) is 0 Å². The molecule has 0 aliphatic carbocycles. The van der Waals surface area contributed by atoms with Gasteiger partial charge in [0.2, 0.25) is 0 Å². The summed E-state index contributed by atoms with van der Waals surface area (Å²) >= 11 is 0. The zero-order chi connectivity index (χ0) is 12.4. The Hall–Kier alpha value is -0.610. The summed E-state index contributed by atoms with van der Waals surface area (Å²) in [6.45, 7) is 10.1. The zero-order valence-electron chi connectivity index (χ0n) is 11.2. The van der Waals surface area contributed by atoms with Crippen LogP contribution in [-0.2, 0) is 9.53 Å². The minimum absolute atomic E-state index is 0.164. The fraction of sp³-hybridized carbons (Fsp3) is 0.923. The summed E-state index contributed by atoms with van der Waals surface area (Å²) in [7, 11) is 0. The van der Waals surface area contributed by atoms with Gasteiger partial charge in [0.15, 0.2) is 0 Å². The summed E-state index contributed by atoms with van der Waals surface area (Å²) in [4.78, 5) is 16.7. The van der Waals surface area contributed by atoms with Crippen molar-refractivity contribution < 1.29 is 9.53 Å². The van der Waals surface area contributed by atoms with Crippen molar-refractivity contribution in [2.45, 2.75) is 51.8 Å². The standard InChI is InChI=1S/C13H24N2O2/c1-10(2)14-6-7-15(11(3)9-14)13(16)12-5-4-8-17-12/h10-12H,4-9H2,1-3H3/t11-,12+/m1/s1. The molecular weight excluding hydrogens is 216 g/mol. The Kier molecular flexibility index (Phi) is 4.05. The molecule has 0 aromatic rings. The van der Waals surface area contributed by atoms with Crippen molar-refractivity contribution >= 4 is 5.91 Å². The van der Waals surface area contributed by atoms with Gasteiger partial charge in [-0.2, -0.15) is 0 Å². The molecule has 17 heavy (non-hydrogen) atoms. The van der Waals surface area contributed by atoms with Gasteiger partial charge in [0.1, 0.15) is 6.10 Å². The molecule has 1 amide bonds. The second kappa shape index (κ2) is 5.36. The van der Waals surface area contributed by atoms with Gasteiger partial charge < -0.3 is 9.64 Å². The van der Waals surface area contributed by atoms with Crippen molar-refractivity contribution in [3.05, 3.63) is 0 Å². The van der Waals surface area contributed by atoms with Gasteiger partial charge in [-0.1, -0.05) is 0 Å². The summed E-state index contributed by atoms with van der Waals surface area (Å²) in [5.74, 6) is 0.207. The molecule has 0 N–H and O–H groups in total. The van der Waals surface area contributed by atoms with E-state index in [-0.39, 0.29) is 12.0 Å². The lowest BCUT2D eigenvalue weighted by Crippen LogP contribution is -2.57. The molecule has 0 radical (unpaired) electrons. The highest BCUT2D eigenvalue weighted by atomic mass is 16.5. The molecule has 2 aliphatic rings. The Morgan fingerprint density at radius 2 is 2.12 bits per heavy atom. The molecule has 4 nitrogen and oxygen atoms in total. The first-order valence-electron chi connectivity index (χ1n) is 6.75. The van der Waals surface area contributed by atoms with Gasteiger partial charge >= 0.3 is 0 Å². The SMILES string of the molecule is CC(C)N1CCN(C(=O)[C@@H]2CCCO2)[C@H](C)C1. The van der Waals surface area contributed by atoms with Crippen LogP contribution in [0.4, 0.5) is 0 Å². The molecule has 2 saturated heterocycles. The van der Waals surface area contributed by atoms with Crippen LogP contribution in [-0.4, -0.2) is 60.1 Å². The number of hydrogen-bond donors (Lipinski definition) is 0. The number of hydrogen-bond acceptors (Lipinski definition) is 3. The average Bonchev–Trinajstić information content (AvgIpc) is 2.81. The maximum Gasteiger partial charge on any atom is 0.252 e. The fourth-order valence-corrected chi connectivity index (χ4v) is 2.74. The van der Waals surface area contributed by atoms with Gasteiger partial charge in [-0.15, -0.1) is 0 Å². The largest absolute Gasteiger partial charge is 0.368 e. The second-order valence-corrected chi connectivity index (χ2v) is 5.47. The molecule has 0 bridgehead atoms. The minimum atomic E-state index is -0.164. The normalized spacial score (nSPS) is 31.2. The van der Waals surface area contributed by atoms with Gasteiger partial charge in [-0.3, -0.25) is 9.69 Å². The van der Waals surface area contributed by atoms with E-state index in [0.29, 0.717) is 12.1 Å². The molecule has 0 saturated carbocycles. The van der Waals surface area contributed by atoms with Gasteiger partial charge in [-0.05, 0) is 33.6 Å². The van der Waals surface area contributed by atoms with Crippen molar-refractivity contribution in [1.29, 1.82) is 0 Å². The highest BCUT2D eigenvalue weighted by Gasteiger charge is 2.34. The fourth-order valence-electron chi connectivity index (χ4n) is 2.74. The topological polar surface area (TPSA) is 32.8 Å². The van der Waals surface area contributed by atoms with Gasteiger partial charge in [0.05, 0.1) is 0 Å². The van der Waals surface area contributed by atoms with Crippen LogP contribution in [0.1, 0.15) is 33.6 Å². The number of ether oxygens (including phenoxy) is 1. The van der Waals surface area contributed by atoms with Crippen LogP contribution in [0.3, 0.4) is 0 Å². The van der Waals surface area contributed by atoms with Crippen molar-refractivity contribution in [3.8, 4) is 0 Å². The van der Waals surface area contributed by atoms with Gasteiger partial charge in [-0.25, -0.2) is 0 Å². The molecule has 98 valence electrons. The minimum Gasteiger partial charge on any atom is -0.368 e. The quantitative estimate of drug-likeness (QED) is 0.725. The van der Waals surface area contributed by atoms with Crippen LogP contribution in [0.25, 0.3) is 0 Å². The number of carbonyl (C=O) groups excluding carboxylic acids is 1. The smallest absolute Gasteiger partial charge is 0.252 e. The van der Waals surface area contributed by atoms with Gasteiger partial charge in [0, 0.05) is 38.3 Å². The zero-order valence-corrected chi connectivity index (χ0v) is 11.2. The first-order chi connectivity index (χ1) is 8.09. The van der Waals surface area contributed by atoms with Crippen molar-refractivity contribution in [1.82, 2.24) is 9.80 Å². The predicted molar refractivity (Wildman–Crippen MR) is 66.9 cm³/mol. The molecule has 2 aliphatic heterocycles. The molecule has 0 aromatic heterocycles. The number of amides is 1. The molecule has 2 atom stereocenters. The highest BCUT2D eigenvalue weighted by Crippen LogP contribution is 2.19. The molecule has 0 unspecified atom stereocenters. The monoisotopic (exact) mass is 240 g/mol. The van der Waals surface area contributed by atoms with E-state index < -0.39 is 0 Å². The summed E-state index contributed by atoms with van der Waals surface area (Å²) in [6.07, 6.45) is 1.76. The first kappa shape index (κ1) is 12.8.